The SMILES string of the molecule is Cc1cccc(NC(=O)CNC(=O)CN(C)CCOc2ccccc2F)c1C. The number of halogens is 1. The maximum Gasteiger partial charge on any atom is 0.243 e. The topological polar surface area (TPSA) is 70.7 Å². The molecule has 0 saturated carbocycles. The summed E-state index contributed by atoms with van der Waals surface area (Å²) < 4.78 is 18.8. The highest BCUT2D eigenvalue weighted by atomic mass is 19.1. The van der Waals surface area contributed by atoms with Crippen LogP contribution in [0.4, 0.5) is 10.1 Å². The van der Waals surface area contributed by atoms with Crippen LogP contribution in [0.1, 0.15) is 11.1 Å². The first-order chi connectivity index (χ1) is 13.4. The predicted octanol–water partition coefficient (Wildman–Crippen LogP) is 2.51. The van der Waals surface area contributed by atoms with Crippen LogP contribution in [0.15, 0.2) is 42.5 Å². The van der Waals surface area contributed by atoms with Crippen LogP contribution in [0.5, 0.6) is 5.75 Å². The zero-order chi connectivity index (χ0) is 20.5. The summed E-state index contributed by atoms with van der Waals surface area (Å²) in [6, 6.07) is 11.8. The minimum Gasteiger partial charge on any atom is -0.489 e. The average Bonchev–Trinajstić information content (AvgIpc) is 2.65. The largest absolute Gasteiger partial charge is 0.489 e. The fourth-order valence-corrected chi connectivity index (χ4v) is 2.51. The Balaban J connectivity index is 1.67. The lowest BCUT2D eigenvalue weighted by Crippen LogP contribution is -2.40. The molecule has 0 radical (unpaired) electrons. The number of anilines is 1. The third kappa shape index (κ3) is 6.66. The fourth-order valence-electron chi connectivity index (χ4n) is 2.51. The maximum atomic E-state index is 13.5. The van der Waals surface area contributed by atoms with Gasteiger partial charge in [0.05, 0.1) is 13.1 Å². The number of likely N-dealkylation sites (N-methyl/N-ethyl adjacent to an activating group) is 1. The molecule has 0 atom stereocenters. The van der Waals surface area contributed by atoms with E-state index < -0.39 is 5.82 Å². The minimum absolute atomic E-state index is 0.105. The standard InChI is InChI=1S/C21H26FN3O3/c1-15-7-6-9-18(16(15)2)24-20(26)13-23-21(27)14-25(3)11-12-28-19-10-5-4-8-17(19)22/h4-10H,11-14H2,1-3H3,(H,23,27)(H,24,26). The summed E-state index contributed by atoms with van der Waals surface area (Å²) in [5.74, 6) is -0.793. The number of nitrogens with one attached hydrogen (secondary N) is 2. The first-order valence-electron chi connectivity index (χ1n) is 9.05. The zero-order valence-electron chi connectivity index (χ0n) is 16.4. The van der Waals surface area contributed by atoms with Gasteiger partial charge in [-0.3, -0.25) is 14.5 Å². The van der Waals surface area contributed by atoms with Gasteiger partial charge in [0.25, 0.3) is 0 Å². The van der Waals surface area contributed by atoms with Gasteiger partial charge < -0.3 is 15.4 Å². The number of para-hydroxylation sites is 1. The van der Waals surface area contributed by atoms with Crippen molar-refractivity contribution in [1.82, 2.24) is 10.2 Å². The summed E-state index contributed by atoms with van der Waals surface area (Å²) in [4.78, 5) is 25.8. The van der Waals surface area contributed by atoms with E-state index in [0.29, 0.717) is 6.54 Å². The van der Waals surface area contributed by atoms with Crippen molar-refractivity contribution in [3.8, 4) is 5.75 Å². The summed E-state index contributed by atoms with van der Waals surface area (Å²) in [6.07, 6.45) is 0. The maximum absolute atomic E-state index is 13.5. The number of carbonyl (C=O) groups excluding carboxylic acids is 2. The highest BCUT2D eigenvalue weighted by Gasteiger charge is 2.10. The van der Waals surface area contributed by atoms with Crippen LogP contribution < -0.4 is 15.4 Å². The van der Waals surface area contributed by atoms with Gasteiger partial charge in [-0.2, -0.15) is 0 Å². The molecule has 0 fully saturated rings. The molecule has 28 heavy (non-hydrogen) atoms. The van der Waals surface area contributed by atoms with Gasteiger partial charge in [-0.05, 0) is 50.2 Å². The van der Waals surface area contributed by atoms with Crippen molar-refractivity contribution in [2.24, 2.45) is 0 Å². The van der Waals surface area contributed by atoms with Crippen LogP contribution in [0, 0.1) is 19.7 Å². The van der Waals surface area contributed by atoms with E-state index in [2.05, 4.69) is 10.6 Å². The number of hydrogen-bond donors (Lipinski definition) is 2. The second kappa shape index (κ2) is 10.4. The lowest BCUT2D eigenvalue weighted by atomic mass is 10.1. The van der Waals surface area contributed by atoms with Gasteiger partial charge in [-0.15, -0.1) is 0 Å². The molecule has 6 nitrogen and oxygen atoms in total. The van der Waals surface area contributed by atoms with E-state index in [9.17, 15) is 14.0 Å². The molecule has 0 aliphatic rings. The second-order valence-corrected chi connectivity index (χ2v) is 6.59. The van der Waals surface area contributed by atoms with Gasteiger partial charge in [-0.1, -0.05) is 24.3 Å². The lowest BCUT2D eigenvalue weighted by molar-refractivity contribution is -0.124. The Hall–Kier alpha value is -2.93. The van der Waals surface area contributed by atoms with E-state index in [1.54, 1.807) is 30.1 Å². The van der Waals surface area contributed by atoms with Crippen molar-refractivity contribution >= 4 is 17.5 Å². The number of benzene rings is 2. The highest BCUT2D eigenvalue weighted by Crippen LogP contribution is 2.17. The average molecular weight is 387 g/mol. The number of hydrogen-bond acceptors (Lipinski definition) is 4. The van der Waals surface area contributed by atoms with Crippen LogP contribution in [-0.4, -0.2) is 50.0 Å². The van der Waals surface area contributed by atoms with E-state index in [-0.39, 0.29) is 37.3 Å². The molecule has 0 spiro atoms. The number of rotatable bonds is 9. The second-order valence-electron chi connectivity index (χ2n) is 6.59. The van der Waals surface area contributed by atoms with Crippen molar-refractivity contribution in [3.05, 3.63) is 59.4 Å². The number of carbonyl (C=O) groups is 2. The normalized spacial score (nSPS) is 10.6. The predicted molar refractivity (Wildman–Crippen MR) is 107 cm³/mol. The number of aryl methyl sites for hydroxylation is 1. The molecule has 2 N–H and O–H groups in total. The van der Waals surface area contributed by atoms with Crippen LogP contribution in [0.2, 0.25) is 0 Å². The van der Waals surface area contributed by atoms with Gasteiger partial charge >= 0.3 is 0 Å². The first-order valence-corrected chi connectivity index (χ1v) is 9.05. The van der Waals surface area contributed by atoms with Crippen LogP contribution >= 0.6 is 0 Å². The van der Waals surface area contributed by atoms with Crippen molar-refractivity contribution in [2.75, 3.05) is 38.6 Å². The molecule has 2 aromatic rings. The summed E-state index contributed by atoms with van der Waals surface area (Å²) in [6.45, 7) is 4.60. The lowest BCUT2D eigenvalue weighted by Gasteiger charge is -2.17. The summed E-state index contributed by atoms with van der Waals surface area (Å²) in [5, 5.41) is 5.39. The molecule has 150 valence electrons. The quantitative estimate of drug-likeness (QED) is 0.694. The van der Waals surface area contributed by atoms with Crippen molar-refractivity contribution in [1.29, 1.82) is 0 Å². The number of amides is 2. The van der Waals surface area contributed by atoms with Gasteiger partial charge in [0.2, 0.25) is 11.8 Å². The van der Waals surface area contributed by atoms with E-state index in [4.69, 9.17) is 4.74 Å². The van der Waals surface area contributed by atoms with E-state index in [0.717, 1.165) is 16.8 Å². The number of nitrogens with zero attached hydrogens (tertiary/aromatic N) is 1. The summed E-state index contributed by atoms with van der Waals surface area (Å²) >= 11 is 0. The van der Waals surface area contributed by atoms with Crippen LogP contribution in [-0.2, 0) is 9.59 Å². The summed E-state index contributed by atoms with van der Waals surface area (Å²) in [5.41, 5.74) is 2.82. The third-order valence-electron chi connectivity index (χ3n) is 4.31. The number of ether oxygens (including phenoxy) is 1. The Bertz CT molecular complexity index is 826. The molecule has 0 heterocycles. The minimum atomic E-state index is -0.419. The van der Waals surface area contributed by atoms with Gasteiger partial charge in [0, 0.05) is 12.2 Å². The molecule has 0 aliphatic heterocycles. The molecule has 0 aliphatic carbocycles. The van der Waals surface area contributed by atoms with E-state index >= 15 is 0 Å². The van der Waals surface area contributed by atoms with Crippen molar-refractivity contribution < 1.29 is 18.7 Å². The van der Waals surface area contributed by atoms with Crippen molar-refractivity contribution in [3.63, 3.8) is 0 Å². The zero-order valence-corrected chi connectivity index (χ0v) is 16.4. The molecular formula is C21H26FN3O3. The molecular weight excluding hydrogens is 361 g/mol. The van der Waals surface area contributed by atoms with E-state index in [1.165, 1.54) is 6.07 Å². The molecule has 2 amide bonds. The molecule has 2 aromatic carbocycles. The third-order valence-corrected chi connectivity index (χ3v) is 4.31. The van der Waals surface area contributed by atoms with Crippen LogP contribution in [0.3, 0.4) is 0 Å². The van der Waals surface area contributed by atoms with Crippen LogP contribution in [0.25, 0.3) is 0 Å². The Morgan fingerprint density at radius 3 is 2.57 bits per heavy atom. The molecule has 2 rings (SSSR count). The molecule has 0 unspecified atom stereocenters. The molecule has 7 heteroatoms. The Morgan fingerprint density at radius 1 is 1.07 bits per heavy atom. The highest BCUT2D eigenvalue weighted by molar-refractivity contribution is 5.95. The van der Waals surface area contributed by atoms with Gasteiger partial charge in [0.1, 0.15) is 6.61 Å². The van der Waals surface area contributed by atoms with Gasteiger partial charge in [0.15, 0.2) is 11.6 Å². The van der Waals surface area contributed by atoms with E-state index in [1.807, 2.05) is 32.0 Å². The fraction of sp³-hybridized carbons (Fsp3) is 0.333. The Morgan fingerprint density at radius 2 is 1.82 bits per heavy atom. The smallest absolute Gasteiger partial charge is 0.243 e. The first kappa shape index (κ1) is 21.4. The van der Waals surface area contributed by atoms with Gasteiger partial charge in [-0.25, -0.2) is 4.39 Å². The Kier molecular flexibility index (Phi) is 7.95. The molecule has 0 aromatic heterocycles. The van der Waals surface area contributed by atoms with Crippen molar-refractivity contribution in [2.45, 2.75) is 13.8 Å². The Labute approximate surface area is 164 Å². The molecule has 0 saturated heterocycles. The summed E-state index contributed by atoms with van der Waals surface area (Å²) in [7, 11) is 1.75. The molecule has 0 bridgehead atoms. The monoisotopic (exact) mass is 387 g/mol.